The van der Waals surface area contributed by atoms with E-state index in [9.17, 15) is 5.11 Å². The van der Waals surface area contributed by atoms with Crippen LogP contribution < -0.4 is 4.74 Å². The third-order valence-electron chi connectivity index (χ3n) is 4.51. The molecule has 0 amide bonds. The molecular weight excluding hydrogens is 334 g/mol. The van der Waals surface area contributed by atoms with Crippen LogP contribution in [0, 0.1) is 0 Å². The molecule has 1 unspecified atom stereocenters. The van der Waals surface area contributed by atoms with Gasteiger partial charge in [0.15, 0.2) is 0 Å². The van der Waals surface area contributed by atoms with Crippen molar-refractivity contribution in [1.82, 2.24) is 4.98 Å². The molecule has 0 radical (unpaired) electrons. The number of nitrogens with zero attached hydrogens (tertiary/aromatic N) is 1. The van der Waals surface area contributed by atoms with Crippen LogP contribution in [-0.4, -0.2) is 22.8 Å². The summed E-state index contributed by atoms with van der Waals surface area (Å²) in [5.41, 5.74) is 5.68. The molecule has 0 aliphatic carbocycles. The van der Waals surface area contributed by atoms with E-state index in [1.54, 1.807) is 6.92 Å². The molecule has 3 heteroatoms. The van der Waals surface area contributed by atoms with Crippen LogP contribution in [-0.2, 0) is 6.42 Å². The predicted molar refractivity (Wildman–Crippen MR) is 111 cm³/mol. The van der Waals surface area contributed by atoms with Crippen molar-refractivity contribution >= 4 is 0 Å². The molecule has 0 saturated carbocycles. The van der Waals surface area contributed by atoms with E-state index in [1.165, 1.54) is 24.0 Å². The Kier molecular flexibility index (Phi) is 6.61. The quantitative estimate of drug-likeness (QED) is 0.574. The summed E-state index contributed by atoms with van der Waals surface area (Å²) in [7, 11) is 0. The first kappa shape index (κ1) is 19.1. The number of pyridine rings is 1. The van der Waals surface area contributed by atoms with Crippen LogP contribution >= 0.6 is 0 Å². The predicted octanol–water partition coefficient (Wildman–Crippen LogP) is 5.52. The van der Waals surface area contributed by atoms with E-state index in [-0.39, 0.29) is 0 Å². The Morgan fingerprint density at radius 1 is 0.889 bits per heavy atom. The molecule has 3 rings (SSSR count). The second kappa shape index (κ2) is 9.33. The van der Waals surface area contributed by atoms with Gasteiger partial charge in [-0.2, -0.15) is 0 Å². The van der Waals surface area contributed by atoms with E-state index in [0.717, 1.165) is 29.0 Å². The molecule has 0 spiro atoms. The van der Waals surface area contributed by atoms with Gasteiger partial charge < -0.3 is 9.84 Å². The van der Waals surface area contributed by atoms with Crippen LogP contribution in [0.25, 0.3) is 22.4 Å². The maximum atomic E-state index is 9.28. The topological polar surface area (TPSA) is 42.4 Å². The first-order valence-electron chi connectivity index (χ1n) is 9.62. The first-order chi connectivity index (χ1) is 13.2. The van der Waals surface area contributed by atoms with Gasteiger partial charge in [-0.25, -0.2) is 0 Å². The van der Waals surface area contributed by atoms with Gasteiger partial charge in [-0.05, 0) is 61.2 Å². The third kappa shape index (κ3) is 5.41. The Morgan fingerprint density at radius 3 is 2.15 bits per heavy atom. The Morgan fingerprint density at radius 2 is 1.56 bits per heavy atom. The van der Waals surface area contributed by atoms with E-state index in [4.69, 9.17) is 4.74 Å². The maximum absolute atomic E-state index is 9.28. The Balaban J connectivity index is 1.68. The van der Waals surface area contributed by atoms with Crippen molar-refractivity contribution in [2.24, 2.45) is 0 Å². The van der Waals surface area contributed by atoms with Crippen molar-refractivity contribution in [3.63, 3.8) is 0 Å². The molecule has 140 valence electrons. The zero-order valence-electron chi connectivity index (χ0n) is 16.1. The van der Waals surface area contributed by atoms with E-state index in [2.05, 4.69) is 42.2 Å². The second-order valence-corrected chi connectivity index (χ2v) is 6.92. The van der Waals surface area contributed by atoms with Gasteiger partial charge in [0.25, 0.3) is 0 Å². The number of benzene rings is 2. The fourth-order valence-electron chi connectivity index (χ4n) is 2.92. The van der Waals surface area contributed by atoms with Gasteiger partial charge >= 0.3 is 0 Å². The Hall–Kier alpha value is -2.65. The van der Waals surface area contributed by atoms with E-state index >= 15 is 0 Å². The molecule has 3 nitrogen and oxygen atoms in total. The lowest BCUT2D eigenvalue weighted by molar-refractivity contribution is 0.123. The van der Waals surface area contributed by atoms with E-state index < -0.39 is 6.10 Å². The van der Waals surface area contributed by atoms with Gasteiger partial charge in [0, 0.05) is 17.3 Å². The molecule has 27 heavy (non-hydrogen) atoms. The summed E-state index contributed by atoms with van der Waals surface area (Å²) < 4.78 is 5.50. The number of aliphatic hydroxyl groups is 1. The number of aryl methyl sites for hydroxylation is 1. The van der Waals surface area contributed by atoms with Crippen LogP contribution in [0.15, 0.2) is 66.9 Å². The zero-order valence-corrected chi connectivity index (χ0v) is 16.1. The summed E-state index contributed by atoms with van der Waals surface area (Å²) in [6.45, 7) is 4.22. The number of aliphatic hydroxyl groups excluding tert-OH is 1. The number of ether oxygens (including phenoxy) is 1. The van der Waals surface area contributed by atoms with Crippen molar-refractivity contribution in [2.75, 3.05) is 6.61 Å². The average Bonchev–Trinajstić information content (AvgIpc) is 2.72. The van der Waals surface area contributed by atoms with Crippen LogP contribution in [0.2, 0.25) is 0 Å². The summed E-state index contributed by atoms with van der Waals surface area (Å²) in [6, 6.07) is 20.7. The normalized spacial score (nSPS) is 12.0. The van der Waals surface area contributed by atoms with Gasteiger partial charge in [-0.15, -0.1) is 0 Å². The molecule has 0 aliphatic rings. The summed E-state index contributed by atoms with van der Waals surface area (Å²) in [4.78, 5) is 4.62. The molecule has 0 aliphatic heterocycles. The number of rotatable bonds is 8. The molecule has 1 atom stereocenters. The summed E-state index contributed by atoms with van der Waals surface area (Å²) in [5, 5.41) is 9.28. The van der Waals surface area contributed by atoms with Gasteiger partial charge in [-0.3, -0.25) is 4.98 Å². The highest BCUT2D eigenvalue weighted by Crippen LogP contribution is 2.24. The minimum Gasteiger partial charge on any atom is -0.491 e. The highest BCUT2D eigenvalue weighted by molar-refractivity contribution is 5.67. The maximum Gasteiger partial charge on any atom is 0.119 e. The summed E-state index contributed by atoms with van der Waals surface area (Å²) in [6.07, 6.45) is 5.05. The Bertz CT molecular complexity index is 822. The van der Waals surface area contributed by atoms with Crippen molar-refractivity contribution < 1.29 is 9.84 Å². The van der Waals surface area contributed by atoms with Gasteiger partial charge in [-0.1, -0.05) is 43.7 Å². The number of unbranched alkanes of at least 4 members (excludes halogenated alkanes) is 1. The molecule has 1 N–H and O–H groups in total. The standard InChI is InChI=1S/C24H27NO2/c1-3-4-5-19-6-8-20(9-7-19)22-12-15-24(25-16-22)21-10-13-23(14-11-21)27-17-18(2)26/h6-16,18,26H,3-5,17H2,1-2H3. The van der Waals surface area contributed by atoms with Gasteiger partial charge in [0.05, 0.1) is 11.8 Å². The molecular formula is C24H27NO2. The van der Waals surface area contributed by atoms with Crippen LogP contribution in [0.1, 0.15) is 32.3 Å². The zero-order chi connectivity index (χ0) is 19.1. The smallest absolute Gasteiger partial charge is 0.119 e. The number of hydrogen-bond donors (Lipinski definition) is 1. The lowest BCUT2D eigenvalue weighted by Crippen LogP contribution is -2.12. The summed E-state index contributed by atoms with van der Waals surface area (Å²) >= 11 is 0. The molecule has 0 saturated heterocycles. The minimum atomic E-state index is -0.473. The van der Waals surface area contributed by atoms with Crippen molar-refractivity contribution in [1.29, 1.82) is 0 Å². The molecule has 1 heterocycles. The van der Waals surface area contributed by atoms with Gasteiger partial charge in [0.2, 0.25) is 0 Å². The van der Waals surface area contributed by atoms with E-state index in [1.807, 2.05) is 36.5 Å². The van der Waals surface area contributed by atoms with Crippen LogP contribution in [0.4, 0.5) is 0 Å². The first-order valence-corrected chi connectivity index (χ1v) is 9.62. The molecule has 1 aromatic heterocycles. The van der Waals surface area contributed by atoms with Crippen LogP contribution in [0.3, 0.4) is 0 Å². The van der Waals surface area contributed by atoms with Crippen molar-refractivity contribution in [2.45, 2.75) is 39.2 Å². The van der Waals surface area contributed by atoms with Crippen molar-refractivity contribution in [3.05, 3.63) is 72.4 Å². The highest BCUT2D eigenvalue weighted by atomic mass is 16.5. The van der Waals surface area contributed by atoms with E-state index in [0.29, 0.717) is 6.61 Å². The number of hydrogen-bond acceptors (Lipinski definition) is 3. The largest absolute Gasteiger partial charge is 0.491 e. The Labute approximate surface area is 161 Å². The highest BCUT2D eigenvalue weighted by Gasteiger charge is 2.04. The fraction of sp³-hybridized carbons (Fsp3) is 0.292. The second-order valence-electron chi connectivity index (χ2n) is 6.92. The summed E-state index contributed by atoms with van der Waals surface area (Å²) in [5.74, 6) is 0.749. The fourth-order valence-corrected chi connectivity index (χ4v) is 2.92. The number of aromatic nitrogens is 1. The lowest BCUT2D eigenvalue weighted by Gasteiger charge is -2.09. The van der Waals surface area contributed by atoms with Gasteiger partial charge in [0.1, 0.15) is 12.4 Å². The lowest BCUT2D eigenvalue weighted by atomic mass is 10.0. The van der Waals surface area contributed by atoms with Crippen molar-refractivity contribution in [3.8, 4) is 28.1 Å². The molecule has 0 bridgehead atoms. The monoisotopic (exact) mass is 361 g/mol. The molecule has 2 aromatic carbocycles. The molecule has 3 aromatic rings. The average molecular weight is 361 g/mol. The minimum absolute atomic E-state index is 0.295. The SMILES string of the molecule is CCCCc1ccc(-c2ccc(-c3ccc(OCC(C)O)cc3)nc2)cc1. The third-order valence-corrected chi connectivity index (χ3v) is 4.51. The molecule has 0 fully saturated rings. The van der Waals surface area contributed by atoms with Crippen LogP contribution in [0.5, 0.6) is 5.75 Å².